The van der Waals surface area contributed by atoms with E-state index < -0.39 is 0 Å². The quantitative estimate of drug-likeness (QED) is 0.194. The molecule has 0 aliphatic heterocycles. The Kier molecular flexibility index (Phi) is 6.93. The van der Waals surface area contributed by atoms with Crippen LogP contribution in [0.5, 0.6) is 0 Å². The topological polar surface area (TPSA) is 51.8 Å². The molecule has 2 heterocycles. The molecule has 220 valence electrons. The zero-order valence-corrected chi connectivity index (χ0v) is 26.1. The third-order valence-corrected chi connectivity index (χ3v) is 8.80. The molecule has 0 saturated carbocycles. The number of hydrogen-bond donors (Lipinski definition) is 0. The standard InChI is InChI=1S/C41H28ClN3O/c1-25-10-6-7-15-32(25)34-23-30(19-18-26(34)2)40-43-39(29-14-8-13-28(22-29)27-11-4-3-5-12-27)44-41(45-40)31-20-21-37-35(24-31)33-16-9-17-36(42)38(33)46-37/h3-24H,1-2H3. The molecule has 0 amide bonds. The van der Waals surface area contributed by atoms with Crippen LogP contribution < -0.4 is 0 Å². The average molecular weight is 614 g/mol. The van der Waals surface area contributed by atoms with E-state index in [0.29, 0.717) is 28.1 Å². The zero-order valence-electron chi connectivity index (χ0n) is 25.3. The summed E-state index contributed by atoms with van der Waals surface area (Å²) in [6.45, 7) is 4.28. The number of aryl methyl sites for hydroxylation is 2. The molecule has 0 aliphatic rings. The van der Waals surface area contributed by atoms with Crippen LogP contribution in [0.1, 0.15) is 11.1 Å². The van der Waals surface area contributed by atoms with Crippen LogP contribution in [-0.2, 0) is 0 Å². The number of fused-ring (bicyclic) bond motifs is 3. The second kappa shape index (κ2) is 11.4. The van der Waals surface area contributed by atoms with Gasteiger partial charge in [-0.3, -0.25) is 0 Å². The number of benzene rings is 6. The van der Waals surface area contributed by atoms with Crippen LogP contribution in [0.3, 0.4) is 0 Å². The Hall–Kier alpha value is -5.58. The highest BCUT2D eigenvalue weighted by atomic mass is 35.5. The van der Waals surface area contributed by atoms with Gasteiger partial charge in [-0.15, -0.1) is 0 Å². The highest BCUT2D eigenvalue weighted by Gasteiger charge is 2.17. The molecule has 8 aromatic rings. The Labute approximate surface area is 272 Å². The van der Waals surface area contributed by atoms with Gasteiger partial charge in [-0.25, -0.2) is 15.0 Å². The number of rotatable bonds is 5. The van der Waals surface area contributed by atoms with Gasteiger partial charge >= 0.3 is 0 Å². The fraction of sp³-hybridized carbons (Fsp3) is 0.0488. The summed E-state index contributed by atoms with van der Waals surface area (Å²) in [5.74, 6) is 1.80. The second-order valence-corrected chi connectivity index (χ2v) is 11.9. The Bertz CT molecular complexity index is 2410. The molecule has 0 fully saturated rings. The van der Waals surface area contributed by atoms with Gasteiger partial charge in [-0.2, -0.15) is 0 Å². The van der Waals surface area contributed by atoms with Crippen molar-refractivity contribution in [2.75, 3.05) is 0 Å². The lowest BCUT2D eigenvalue weighted by Gasteiger charge is -2.13. The van der Waals surface area contributed by atoms with E-state index in [1.807, 2.05) is 48.5 Å². The number of hydrogen-bond acceptors (Lipinski definition) is 4. The van der Waals surface area contributed by atoms with Crippen LogP contribution in [0.4, 0.5) is 0 Å². The molecule has 4 nitrogen and oxygen atoms in total. The van der Waals surface area contributed by atoms with Crippen molar-refractivity contribution in [2.45, 2.75) is 13.8 Å². The Morgan fingerprint density at radius 2 is 1.07 bits per heavy atom. The monoisotopic (exact) mass is 613 g/mol. The number of halogens is 1. The van der Waals surface area contributed by atoms with E-state index in [0.717, 1.165) is 49.7 Å². The fourth-order valence-electron chi connectivity index (χ4n) is 6.06. The Balaban J connectivity index is 1.33. The largest absolute Gasteiger partial charge is 0.454 e. The van der Waals surface area contributed by atoms with Crippen LogP contribution in [0.15, 0.2) is 138 Å². The van der Waals surface area contributed by atoms with Crippen LogP contribution in [-0.4, -0.2) is 15.0 Å². The molecule has 5 heteroatoms. The van der Waals surface area contributed by atoms with Crippen molar-refractivity contribution in [1.29, 1.82) is 0 Å². The maximum atomic E-state index is 6.47. The first-order valence-electron chi connectivity index (χ1n) is 15.2. The highest BCUT2D eigenvalue weighted by molar-refractivity contribution is 6.35. The van der Waals surface area contributed by atoms with E-state index in [1.165, 1.54) is 16.7 Å². The van der Waals surface area contributed by atoms with Crippen molar-refractivity contribution < 1.29 is 4.42 Å². The SMILES string of the molecule is Cc1ccccc1-c1cc(-c2nc(-c3cccc(-c4ccccc4)c3)nc(-c3ccc4oc5c(Cl)cccc5c4c3)n2)ccc1C. The molecule has 0 atom stereocenters. The Morgan fingerprint density at radius 1 is 0.457 bits per heavy atom. The van der Waals surface area contributed by atoms with Crippen LogP contribution in [0.2, 0.25) is 5.02 Å². The summed E-state index contributed by atoms with van der Waals surface area (Å²) >= 11 is 6.47. The maximum Gasteiger partial charge on any atom is 0.164 e. The molecular formula is C41H28ClN3O. The van der Waals surface area contributed by atoms with Crippen molar-refractivity contribution in [3.8, 4) is 56.4 Å². The highest BCUT2D eigenvalue weighted by Crippen LogP contribution is 2.36. The molecule has 0 radical (unpaired) electrons. The van der Waals surface area contributed by atoms with Gasteiger partial charge in [-0.05, 0) is 83.6 Å². The molecule has 0 N–H and O–H groups in total. The summed E-state index contributed by atoms with van der Waals surface area (Å²) in [6, 6.07) is 45.4. The first-order chi connectivity index (χ1) is 22.5. The minimum Gasteiger partial charge on any atom is -0.454 e. The van der Waals surface area contributed by atoms with Crippen molar-refractivity contribution in [1.82, 2.24) is 15.0 Å². The van der Waals surface area contributed by atoms with Crippen molar-refractivity contribution in [3.05, 3.63) is 150 Å². The molecule has 46 heavy (non-hydrogen) atoms. The second-order valence-electron chi connectivity index (χ2n) is 11.5. The summed E-state index contributed by atoms with van der Waals surface area (Å²) in [5.41, 5.74) is 11.2. The average Bonchev–Trinajstić information content (AvgIpc) is 3.48. The summed E-state index contributed by atoms with van der Waals surface area (Å²) in [6.07, 6.45) is 0. The number of nitrogens with zero attached hydrogens (tertiary/aromatic N) is 3. The zero-order chi connectivity index (χ0) is 31.2. The molecule has 0 unspecified atom stereocenters. The molecule has 0 saturated heterocycles. The van der Waals surface area contributed by atoms with Gasteiger partial charge in [0.05, 0.1) is 5.02 Å². The fourth-order valence-corrected chi connectivity index (χ4v) is 6.27. The minimum absolute atomic E-state index is 0.585. The van der Waals surface area contributed by atoms with Crippen LogP contribution >= 0.6 is 11.6 Å². The third kappa shape index (κ3) is 5.03. The van der Waals surface area contributed by atoms with Gasteiger partial charge in [0.25, 0.3) is 0 Å². The molecule has 0 aliphatic carbocycles. The molecular weight excluding hydrogens is 586 g/mol. The lowest BCUT2D eigenvalue weighted by Crippen LogP contribution is -2.01. The molecule has 8 rings (SSSR count). The summed E-state index contributed by atoms with van der Waals surface area (Å²) in [7, 11) is 0. The lowest BCUT2D eigenvalue weighted by molar-refractivity contribution is 0.669. The van der Waals surface area contributed by atoms with Crippen molar-refractivity contribution in [2.24, 2.45) is 0 Å². The van der Waals surface area contributed by atoms with Crippen molar-refractivity contribution >= 4 is 33.5 Å². The van der Waals surface area contributed by atoms with Crippen LogP contribution in [0, 0.1) is 13.8 Å². The molecule has 6 aromatic carbocycles. The summed E-state index contributed by atoms with van der Waals surface area (Å²) < 4.78 is 6.11. The normalized spacial score (nSPS) is 11.4. The van der Waals surface area contributed by atoms with E-state index in [4.69, 9.17) is 31.0 Å². The molecule has 2 aromatic heterocycles. The van der Waals surface area contributed by atoms with E-state index >= 15 is 0 Å². The number of para-hydroxylation sites is 1. The van der Waals surface area contributed by atoms with E-state index in [9.17, 15) is 0 Å². The van der Waals surface area contributed by atoms with Gasteiger partial charge in [0.1, 0.15) is 5.58 Å². The number of aromatic nitrogens is 3. The van der Waals surface area contributed by atoms with Gasteiger partial charge < -0.3 is 4.42 Å². The third-order valence-electron chi connectivity index (χ3n) is 8.50. The van der Waals surface area contributed by atoms with Gasteiger partial charge in [0.2, 0.25) is 0 Å². The minimum atomic E-state index is 0.585. The smallest absolute Gasteiger partial charge is 0.164 e. The summed E-state index contributed by atoms with van der Waals surface area (Å²) in [4.78, 5) is 15.2. The van der Waals surface area contributed by atoms with Crippen LogP contribution in [0.25, 0.3) is 78.4 Å². The lowest BCUT2D eigenvalue weighted by atomic mass is 9.94. The number of furan rings is 1. The van der Waals surface area contributed by atoms with Crippen molar-refractivity contribution in [3.63, 3.8) is 0 Å². The van der Waals surface area contributed by atoms with E-state index in [1.54, 1.807) is 0 Å². The van der Waals surface area contributed by atoms with Gasteiger partial charge in [-0.1, -0.05) is 109 Å². The molecule has 0 spiro atoms. The predicted molar refractivity (Wildman–Crippen MR) is 189 cm³/mol. The van der Waals surface area contributed by atoms with E-state index in [2.05, 4.69) is 98.8 Å². The van der Waals surface area contributed by atoms with E-state index in [-0.39, 0.29) is 0 Å². The van der Waals surface area contributed by atoms with Gasteiger partial charge in [0.15, 0.2) is 23.1 Å². The molecule has 0 bridgehead atoms. The first-order valence-corrected chi connectivity index (χ1v) is 15.6. The summed E-state index contributed by atoms with van der Waals surface area (Å²) in [5, 5.41) is 2.50. The Morgan fingerprint density at radius 3 is 1.85 bits per heavy atom. The first kappa shape index (κ1) is 27.9. The maximum absolute atomic E-state index is 6.47. The predicted octanol–water partition coefficient (Wildman–Crippen LogP) is 11.4. The van der Waals surface area contributed by atoms with Gasteiger partial charge in [0, 0.05) is 27.5 Å².